The van der Waals surface area contributed by atoms with Crippen molar-refractivity contribution in [3.63, 3.8) is 0 Å². The number of sulfonamides is 1. The maximum atomic E-state index is 12.1. The van der Waals surface area contributed by atoms with E-state index in [-0.39, 0.29) is 5.25 Å². The first-order valence-electron chi connectivity index (χ1n) is 6.64. The fraction of sp³-hybridized carbons (Fsp3) is 1.00. The van der Waals surface area contributed by atoms with E-state index in [1.54, 1.807) is 0 Å². The van der Waals surface area contributed by atoms with Gasteiger partial charge in [0.05, 0.1) is 5.25 Å². The van der Waals surface area contributed by atoms with E-state index in [1.165, 1.54) is 6.42 Å². The van der Waals surface area contributed by atoms with Gasteiger partial charge in [-0.25, -0.2) is 13.1 Å². The van der Waals surface area contributed by atoms with Gasteiger partial charge in [0.1, 0.15) is 0 Å². The molecule has 0 spiro atoms. The Kier molecular flexibility index (Phi) is 6.82. The Balaban J connectivity index is 2.42. The second kappa shape index (κ2) is 7.59. The van der Waals surface area contributed by atoms with E-state index in [2.05, 4.69) is 11.6 Å². The van der Waals surface area contributed by atoms with E-state index in [0.29, 0.717) is 18.3 Å². The zero-order chi connectivity index (χ0) is 12.7. The largest absolute Gasteiger partial charge is 0.215 e. The first kappa shape index (κ1) is 15.3. The van der Waals surface area contributed by atoms with Crippen LogP contribution in [-0.4, -0.2) is 26.1 Å². The van der Waals surface area contributed by atoms with Crippen molar-refractivity contribution in [2.24, 2.45) is 5.92 Å². The summed E-state index contributed by atoms with van der Waals surface area (Å²) in [4.78, 5) is 0. The molecule has 1 N–H and O–H groups in total. The van der Waals surface area contributed by atoms with Crippen LogP contribution in [0.4, 0.5) is 0 Å². The minimum atomic E-state index is -3.10. The van der Waals surface area contributed by atoms with Gasteiger partial charge in [-0.1, -0.05) is 32.6 Å². The molecule has 0 saturated heterocycles. The molecule has 1 saturated carbocycles. The summed E-state index contributed by atoms with van der Waals surface area (Å²) in [6.45, 7) is 2.62. The average molecular weight is 282 g/mol. The van der Waals surface area contributed by atoms with Crippen LogP contribution in [0.5, 0.6) is 0 Å². The van der Waals surface area contributed by atoms with Crippen molar-refractivity contribution in [2.45, 2.75) is 57.1 Å². The summed E-state index contributed by atoms with van der Waals surface area (Å²) in [6.07, 6.45) is 6.76. The molecule has 102 valence electrons. The number of hydrogen-bond acceptors (Lipinski definition) is 2. The van der Waals surface area contributed by atoms with E-state index in [1.807, 2.05) is 0 Å². The molecule has 0 radical (unpaired) electrons. The standard InChI is InChI=1S/C12H24ClNO2S/c1-2-11(8-9-13)10-14-17(15,16)12-6-4-3-5-7-12/h11-12,14H,2-10H2,1H3. The molecule has 1 atom stereocenters. The SMILES string of the molecule is CCC(CCCl)CNS(=O)(=O)C1CCCCC1. The van der Waals surface area contributed by atoms with Crippen LogP contribution >= 0.6 is 11.6 Å². The average Bonchev–Trinajstić information content (AvgIpc) is 2.35. The van der Waals surface area contributed by atoms with Gasteiger partial charge in [-0.15, -0.1) is 11.6 Å². The second-order valence-corrected chi connectivity index (χ2v) is 7.33. The lowest BCUT2D eigenvalue weighted by atomic mass is 10.0. The number of hydrogen-bond donors (Lipinski definition) is 1. The maximum Gasteiger partial charge on any atom is 0.214 e. The lowest BCUT2D eigenvalue weighted by molar-refractivity contribution is 0.456. The molecule has 1 aliphatic rings. The normalized spacial score (nSPS) is 20.4. The zero-order valence-electron chi connectivity index (χ0n) is 10.6. The van der Waals surface area contributed by atoms with Crippen LogP contribution in [0.3, 0.4) is 0 Å². The summed E-state index contributed by atoms with van der Waals surface area (Å²) >= 11 is 5.70. The molecule has 1 rings (SSSR count). The van der Waals surface area contributed by atoms with Crippen LogP contribution in [-0.2, 0) is 10.0 Å². The molecule has 1 fully saturated rings. The third kappa shape index (κ3) is 5.14. The van der Waals surface area contributed by atoms with Gasteiger partial charge < -0.3 is 0 Å². The maximum absolute atomic E-state index is 12.1. The summed E-state index contributed by atoms with van der Waals surface area (Å²) in [5.41, 5.74) is 0. The van der Waals surface area contributed by atoms with Crippen LogP contribution in [0, 0.1) is 5.92 Å². The number of rotatable bonds is 7. The third-order valence-electron chi connectivity index (χ3n) is 3.66. The van der Waals surface area contributed by atoms with Crippen molar-refractivity contribution in [2.75, 3.05) is 12.4 Å². The highest BCUT2D eigenvalue weighted by atomic mass is 35.5. The second-order valence-electron chi connectivity index (χ2n) is 4.91. The van der Waals surface area contributed by atoms with Gasteiger partial charge in [0.15, 0.2) is 0 Å². The highest BCUT2D eigenvalue weighted by Crippen LogP contribution is 2.23. The van der Waals surface area contributed by atoms with Crippen molar-refractivity contribution < 1.29 is 8.42 Å². The minimum Gasteiger partial charge on any atom is -0.215 e. The first-order chi connectivity index (χ1) is 8.10. The Bertz CT molecular complexity index is 300. The molecule has 3 nitrogen and oxygen atoms in total. The fourth-order valence-corrected chi connectivity index (χ4v) is 4.30. The van der Waals surface area contributed by atoms with Gasteiger partial charge >= 0.3 is 0 Å². The van der Waals surface area contributed by atoms with Crippen molar-refractivity contribution >= 4 is 21.6 Å². The molecule has 1 unspecified atom stereocenters. The number of alkyl halides is 1. The lowest BCUT2D eigenvalue weighted by Gasteiger charge is -2.23. The topological polar surface area (TPSA) is 46.2 Å². The molecule has 17 heavy (non-hydrogen) atoms. The highest BCUT2D eigenvalue weighted by molar-refractivity contribution is 7.90. The van der Waals surface area contributed by atoms with Gasteiger partial charge in [0, 0.05) is 12.4 Å². The molecule has 0 amide bonds. The highest BCUT2D eigenvalue weighted by Gasteiger charge is 2.27. The fourth-order valence-electron chi connectivity index (χ4n) is 2.33. The zero-order valence-corrected chi connectivity index (χ0v) is 12.2. The quantitative estimate of drug-likeness (QED) is 0.730. The summed E-state index contributed by atoms with van der Waals surface area (Å²) in [5.74, 6) is 0.967. The molecule has 5 heteroatoms. The Morgan fingerprint density at radius 1 is 1.29 bits per heavy atom. The summed E-state index contributed by atoms with van der Waals surface area (Å²) < 4.78 is 26.9. The van der Waals surface area contributed by atoms with Gasteiger partial charge in [-0.2, -0.15) is 0 Å². The van der Waals surface area contributed by atoms with Crippen LogP contribution in [0.1, 0.15) is 51.9 Å². The Morgan fingerprint density at radius 2 is 1.94 bits per heavy atom. The molecule has 0 aromatic heterocycles. The van der Waals surface area contributed by atoms with Gasteiger partial charge in [-0.05, 0) is 25.2 Å². The van der Waals surface area contributed by atoms with Crippen molar-refractivity contribution in [1.29, 1.82) is 0 Å². The predicted molar refractivity (Wildman–Crippen MR) is 72.9 cm³/mol. The smallest absolute Gasteiger partial charge is 0.214 e. The van der Waals surface area contributed by atoms with Gasteiger partial charge in [-0.3, -0.25) is 0 Å². The molecule has 0 aromatic rings. The predicted octanol–water partition coefficient (Wildman–Crippen LogP) is 2.89. The molecular formula is C12H24ClNO2S. The molecule has 1 aliphatic carbocycles. The lowest BCUT2D eigenvalue weighted by Crippen LogP contribution is -2.38. The molecule has 0 aromatic carbocycles. The summed E-state index contributed by atoms with van der Waals surface area (Å²) in [5, 5.41) is -0.162. The minimum absolute atomic E-state index is 0.162. The van der Waals surface area contributed by atoms with Crippen LogP contribution in [0.2, 0.25) is 0 Å². The molecule has 0 bridgehead atoms. The summed E-state index contributed by atoms with van der Waals surface area (Å²) in [6, 6.07) is 0. The van der Waals surface area contributed by atoms with E-state index in [4.69, 9.17) is 11.6 Å². The van der Waals surface area contributed by atoms with Gasteiger partial charge in [0.2, 0.25) is 10.0 Å². The van der Waals surface area contributed by atoms with Gasteiger partial charge in [0.25, 0.3) is 0 Å². The van der Waals surface area contributed by atoms with Crippen molar-refractivity contribution in [1.82, 2.24) is 4.72 Å². The van der Waals surface area contributed by atoms with E-state index < -0.39 is 10.0 Å². The molecular weight excluding hydrogens is 258 g/mol. The van der Waals surface area contributed by atoms with E-state index in [9.17, 15) is 8.42 Å². The Morgan fingerprint density at radius 3 is 2.47 bits per heavy atom. The van der Waals surface area contributed by atoms with E-state index in [0.717, 1.165) is 38.5 Å². The van der Waals surface area contributed by atoms with Crippen LogP contribution in [0.15, 0.2) is 0 Å². The summed E-state index contributed by atoms with van der Waals surface area (Å²) in [7, 11) is -3.10. The van der Waals surface area contributed by atoms with Crippen LogP contribution < -0.4 is 4.72 Å². The van der Waals surface area contributed by atoms with E-state index >= 15 is 0 Å². The number of nitrogens with one attached hydrogen (secondary N) is 1. The first-order valence-corrected chi connectivity index (χ1v) is 8.72. The van der Waals surface area contributed by atoms with Crippen molar-refractivity contribution in [3.8, 4) is 0 Å². The number of halogens is 1. The molecule has 0 heterocycles. The third-order valence-corrected chi connectivity index (χ3v) is 5.80. The Labute approximate surface area is 110 Å². The van der Waals surface area contributed by atoms with Crippen LogP contribution in [0.25, 0.3) is 0 Å². The molecule has 0 aliphatic heterocycles. The van der Waals surface area contributed by atoms with Crippen molar-refractivity contribution in [3.05, 3.63) is 0 Å². The Hall–Kier alpha value is 0.200. The monoisotopic (exact) mass is 281 g/mol.